The lowest BCUT2D eigenvalue weighted by atomic mass is 10.0. The predicted octanol–water partition coefficient (Wildman–Crippen LogP) is 16.9. The van der Waals surface area contributed by atoms with Gasteiger partial charge in [-0.1, -0.05) is 237 Å². The van der Waals surface area contributed by atoms with Crippen LogP contribution in [0.2, 0.25) is 0 Å². The third-order valence-corrected chi connectivity index (χ3v) is 12.6. The van der Waals surface area contributed by atoms with E-state index in [-0.39, 0.29) is 18.5 Å². The topological polar surface area (TPSA) is 95.9 Å². The average Bonchev–Trinajstić information content (AvgIpc) is 3.28. The number of hydrogen-bond acceptors (Lipinski definition) is 5. The van der Waals surface area contributed by atoms with E-state index in [1.807, 2.05) is 6.08 Å². The minimum Gasteiger partial charge on any atom is -0.466 e. The third-order valence-electron chi connectivity index (χ3n) is 12.6. The van der Waals surface area contributed by atoms with E-state index >= 15 is 0 Å². The molecule has 0 aliphatic heterocycles. The number of nitrogens with one attached hydrogen (secondary N) is 1. The number of ether oxygens (including phenoxy) is 1. The van der Waals surface area contributed by atoms with E-state index in [1.165, 1.54) is 212 Å². The Morgan fingerprint density at radius 1 is 0.429 bits per heavy atom. The summed E-state index contributed by atoms with van der Waals surface area (Å²) in [6, 6.07) is -0.635. The van der Waals surface area contributed by atoms with Crippen LogP contribution in [0.1, 0.15) is 290 Å². The Labute approximate surface area is 392 Å². The first-order valence-electron chi connectivity index (χ1n) is 27.8. The highest BCUT2D eigenvalue weighted by Crippen LogP contribution is 2.16. The van der Waals surface area contributed by atoms with E-state index in [2.05, 4.69) is 43.5 Å². The van der Waals surface area contributed by atoms with Crippen molar-refractivity contribution in [3.8, 4) is 0 Å². The van der Waals surface area contributed by atoms with Gasteiger partial charge in [0.25, 0.3) is 0 Å². The molecule has 2 unspecified atom stereocenters. The largest absolute Gasteiger partial charge is 0.466 e. The number of aliphatic hydroxyl groups is 2. The normalized spacial score (nSPS) is 12.9. The van der Waals surface area contributed by atoms with Crippen molar-refractivity contribution in [2.45, 2.75) is 302 Å². The fourth-order valence-corrected chi connectivity index (χ4v) is 8.31. The summed E-state index contributed by atoms with van der Waals surface area (Å²) >= 11 is 0. The van der Waals surface area contributed by atoms with Crippen LogP contribution in [0, 0.1) is 0 Å². The predicted molar refractivity (Wildman–Crippen MR) is 273 cm³/mol. The summed E-state index contributed by atoms with van der Waals surface area (Å²) in [6.07, 6.45) is 64.4. The molecule has 0 saturated heterocycles. The zero-order valence-electron chi connectivity index (χ0n) is 42.1. The molecule has 6 heteroatoms. The standard InChI is InChI=1S/C57H107NO5/c1-3-5-7-9-11-13-15-16-17-23-26-30-33-37-41-45-49-55(60)54(53-59)58-56(61)50-46-42-38-34-31-27-24-21-19-18-20-22-25-28-32-36-40-44-48-52-63-57(62)51-47-43-39-35-29-14-12-10-8-6-4-2/h10,12,18-19,45,49,54-55,59-60H,3-9,11,13-17,20-44,46-48,50-53H2,1-2H3,(H,58,61)/b12-10-,19-18-,49-45+. The van der Waals surface area contributed by atoms with Crippen LogP contribution in [0.15, 0.2) is 36.5 Å². The maximum absolute atomic E-state index is 12.4. The van der Waals surface area contributed by atoms with Crippen molar-refractivity contribution in [1.29, 1.82) is 0 Å². The van der Waals surface area contributed by atoms with Crippen LogP contribution in [0.4, 0.5) is 0 Å². The van der Waals surface area contributed by atoms with Gasteiger partial charge in [-0.25, -0.2) is 0 Å². The average molecular weight is 886 g/mol. The van der Waals surface area contributed by atoms with Crippen LogP contribution >= 0.6 is 0 Å². The maximum atomic E-state index is 12.4. The van der Waals surface area contributed by atoms with Crippen molar-refractivity contribution in [2.24, 2.45) is 0 Å². The minimum absolute atomic E-state index is 0.00833. The molecule has 0 fully saturated rings. The van der Waals surface area contributed by atoms with Crippen molar-refractivity contribution in [3.63, 3.8) is 0 Å². The number of carbonyl (C=O) groups excluding carboxylic acids is 2. The van der Waals surface area contributed by atoms with Gasteiger partial charge in [0.2, 0.25) is 5.91 Å². The molecular weight excluding hydrogens is 779 g/mol. The van der Waals surface area contributed by atoms with Crippen molar-refractivity contribution >= 4 is 11.9 Å². The van der Waals surface area contributed by atoms with Crippen LogP contribution in [0.5, 0.6) is 0 Å². The van der Waals surface area contributed by atoms with Crippen molar-refractivity contribution in [1.82, 2.24) is 5.32 Å². The first-order valence-corrected chi connectivity index (χ1v) is 27.8. The van der Waals surface area contributed by atoms with Gasteiger partial charge < -0.3 is 20.3 Å². The molecule has 3 N–H and O–H groups in total. The van der Waals surface area contributed by atoms with E-state index in [9.17, 15) is 19.8 Å². The number of hydrogen-bond donors (Lipinski definition) is 3. The molecule has 0 aromatic rings. The van der Waals surface area contributed by atoms with Crippen molar-refractivity contribution in [2.75, 3.05) is 13.2 Å². The highest BCUT2D eigenvalue weighted by molar-refractivity contribution is 5.76. The SMILES string of the molecule is CCCC/C=C\CCCCCCCC(=O)OCCCCCCCCCC/C=C\CCCCCCCCCC(=O)NC(CO)C(O)/C=C/CCCCCCCCCCCCCCCC. The van der Waals surface area contributed by atoms with Gasteiger partial charge in [-0.2, -0.15) is 0 Å². The first-order chi connectivity index (χ1) is 31.0. The van der Waals surface area contributed by atoms with Crippen molar-refractivity contribution < 1.29 is 24.5 Å². The number of rotatable bonds is 51. The lowest BCUT2D eigenvalue weighted by Crippen LogP contribution is -2.45. The highest BCUT2D eigenvalue weighted by atomic mass is 16.5. The Bertz CT molecular complexity index is 1020. The Morgan fingerprint density at radius 2 is 0.762 bits per heavy atom. The highest BCUT2D eigenvalue weighted by Gasteiger charge is 2.18. The molecule has 0 aliphatic rings. The van der Waals surface area contributed by atoms with Gasteiger partial charge in [0.05, 0.1) is 25.4 Å². The summed E-state index contributed by atoms with van der Waals surface area (Å²) in [7, 11) is 0. The molecule has 0 aromatic heterocycles. The monoisotopic (exact) mass is 886 g/mol. The second-order valence-corrected chi connectivity index (χ2v) is 18.9. The number of aliphatic hydroxyl groups excluding tert-OH is 2. The van der Waals surface area contributed by atoms with Crippen LogP contribution < -0.4 is 5.32 Å². The van der Waals surface area contributed by atoms with Crippen LogP contribution in [0.25, 0.3) is 0 Å². The van der Waals surface area contributed by atoms with Gasteiger partial charge in [-0.15, -0.1) is 0 Å². The van der Waals surface area contributed by atoms with Gasteiger partial charge >= 0.3 is 5.97 Å². The zero-order chi connectivity index (χ0) is 45.8. The quantitative estimate of drug-likeness (QED) is 0.0321. The van der Waals surface area contributed by atoms with E-state index in [0.29, 0.717) is 19.4 Å². The molecule has 0 radical (unpaired) electrons. The summed E-state index contributed by atoms with van der Waals surface area (Å²) in [6.45, 7) is 4.85. The molecule has 1 amide bonds. The zero-order valence-corrected chi connectivity index (χ0v) is 42.1. The first kappa shape index (κ1) is 61.1. The number of unbranched alkanes of at least 4 members (excludes halogenated alkanes) is 36. The van der Waals surface area contributed by atoms with Gasteiger partial charge in [0.15, 0.2) is 0 Å². The molecule has 0 aromatic carbocycles. The van der Waals surface area contributed by atoms with Gasteiger partial charge in [0.1, 0.15) is 0 Å². The van der Waals surface area contributed by atoms with Crippen LogP contribution in [0.3, 0.4) is 0 Å². The van der Waals surface area contributed by atoms with Crippen LogP contribution in [-0.4, -0.2) is 47.4 Å². The smallest absolute Gasteiger partial charge is 0.305 e. The molecule has 6 nitrogen and oxygen atoms in total. The summed E-state index contributed by atoms with van der Waals surface area (Å²) in [5, 5.41) is 23.1. The number of allylic oxidation sites excluding steroid dienone is 5. The number of esters is 1. The van der Waals surface area contributed by atoms with Crippen molar-refractivity contribution in [3.05, 3.63) is 36.5 Å². The van der Waals surface area contributed by atoms with Gasteiger partial charge in [0, 0.05) is 12.8 Å². The van der Waals surface area contributed by atoms with E-state index in [4.69, 9.17) is 4.74 Å². The lowest BCUT2D eigenvalue weighted by Gasteiger charge is -2.20. The van der Waals surface area contributed by atoms with E-state index in [0.717, 1.165) is 51.4 Å². The third kappa shape index (κ3) is 49.4. The second-order valence-electron chi connectivity index (χ2n) is 18.9. The summed E-state index contributed by atoms with van der Waals surface area (Å²) < 4.78 is 5.44. The Hall–Kier alpha value is -1.92. The summed E-state index contributed by atoms with van der Waals surface area (Å²) in [5.41, 5.74) is 0. The molecule has 0 spiro atoms. The Kier molecular flexibility index (Phi) is 51.1. The summed E-state index contributed by atoms with van der Waals surface area (Å²) in [4.78, 5) is 24.4. The Morgan fingerprint density at radius 3 is 1.17 bits per heavy atom. The molecule has 0 aliphatic carbocycles. The molecule has 0 rings (SSSR count). The van der Waals surface area contributed by atoms with Gasteiger partial charge in [-0.3, -0.25) is 9.59 Å². The van der Waals surface area contributed by atoms with E-state index in [1.54, 1.807) is 6.08 Å². The Balaban J connectivity index is 3.49. The molecular formula is C57H107NO5. The number of carbonyl (C=O) groups is 2. The minimum atomic E-state index is -0.851. The molecule has 2 atom stereocenters. The second kappa shape index (κ2) is 52.7. The summed E-state index contributed by atoms with van der Waals surface area (Å²) in [5.74, 6) is -0.0856. The molecule has 0 heterocycles. The lowest BCUT2D eigenvalue weighted by molar-refractivity contribution is -0.143. The molecule has 370 valence electrons. The van der Waals surface area contributed by atoms with E-state index < -0.39 is 12.1 Å². The fraction of sp³-hybridized carbons (Fsp3) is 0.860. The molecule has 63 heavy (non-hydrogen) atoms. The fourth-order valence-electron chi connectivity index (χ4n) is 8.31. The molecule has 0 bridgehead atoms. The maximum Gasteiger partial charge on any atom is 0.305 e. The number of amides is 1. The van der Waals surface area contributed by atoms with Gasteiger partial charge in [-0.05, 0) is 77.0 Å². The molecule has 0 saturated carbocycles. The van der Waals surface area contributed by atoms with Crippen LogP contribution in [-0.2, 0) is 14.3 Å².